The van der Waals surface area contributed by atoms with Crippen LogP contribution in [0.4, 0.5) is 0 Å². The number of nitrogens with zero attached hydrogens (tertiary/aromatic N) is 3. The Morgan fingerprint density at radius 1 is 0.840 bits per heavy atom. The summed E-state index contributed by atoms with van der Waals surface area (Å²) in [6.07, 6.45) is -15.5. The minimum atomic E-state index is -1.76. The molecule has 13 heteroatoms. The van der Waals surface area contributed by atoms with E-state index in [9.17, 15) is 25.5 Å². The van der Waals surface area contributed by atoms with Crippen molar-refractivity contribution in [2.75, 3.05) is 13.2 Å². The zero-order valence-corrected chi connectivity index (χ0v) is 12.9. The van der Waals surface area contributed by atoms with Crippen LogP contribution in [0.25, 0.3) is 10.4 Å². The van der Waals surface area contributed by atoms with Crippen LogP contribution in [0.15, 0.2) is 5.11 Å². The summed E-state index contributed by atoms with van der Waals surface area (Å²) in [5.74, 6) is 0. The lowest BCUT2D eigenvalue weighted by atomic mass is 9.97. The predicted octanol–water partition coefficient (Wildman–Crippen LogP) is -4.08. The fourth-order valence-corrected chi connectivity index (χ4v) is 2.70. The van der Waals surface area contributed by atoms with Gasteiger partial charge in [0, 0.05) is 4.91 Å². The molecule has 2 aliphatic heterocycles. The SMILES string of the molecule is [N-]=[N+]=N[C@@H]1O[C@H](CO)[C@@H](O)[C@H](O)[C@H]1O[C@@H]1O[C@H](CO)[C@H](O)[C@H](O)[C@H]1O. The number of aliphatic hydroxyl groups is 7. The number of rotatable bonds is 5. The minimum Gasteiger partial charge on any atom is -0.394 e. The third-order valence-corrected chi connectivity index (χ3v) is 4.15. The predicted molar refractivity (Wildman–Crippen MR) is 75.5 cm³/mol. The molecular formula is C12H21N3O10. The van der Waals surface area contributed by atoms with E-state index in [0.29, 0.717) is 0 Å². The lowest BCUT2D eigenvalue weighted by Gasteiger charge is -2.45. The maximum atomic E-state index is 10.1. The molecule has 13 nitrogen and oxygen atoms in total. The van der Waals surface area contributed by atoms with Gasteiger partial charge in [-0.1, -0.05) is 5.11 Å². The molecule has 0 radical (unpaired) electrons. The zero-order chi connectivity index (χ0) is 18.7. The fourth-order valence-electron chi connectivity index (χ4n) is 2.70. The van der Waals surface area contributed by atoms with Gasteiger partial charge in [-0.15, -0.1) is 0 Å². The van der Waals surface area contributed by atoms with Gasteiger partial charge >= 0.3 is 0 Å². The van der Waals surface area contributed by atoms with E-state index >= 15 is 0 Å². The minimum absolute atomic E-state index is 0.664. The summed E-state index contributed by atoms with van der Waals surface area (Å²) in [4.78, 5) is 2.52. The van der Waals surface area contributed by atoms with Gasteiger partial charge in [0.2, 0.25) is 0 Å². The van der Waals surface area contributed by atoms with Crippen LogP contribution in [0, 0.1) is 0 Å². The van der Waals surface area contributed by atoms with Gasteiger partial charge in [0.05, 0.1) is 13.2 Å². The highest BCUT2D eigenvalue weighted by atomic mass is 16.7. The van der Waals surface area contributed by atoms with Crippen molar-refractivity contribution in [3.63, 3.8) is 0 Å². The van der Waals surface area contributed by atoms with E-state index < -0.39 is 74.6 Å². The first-order valence-electron chi connectivity index (χ1n) is 7.48. The fraction of sp³-hybridized carbons (Fsp3) is 1.00. The van der Waals surface area contributed by atoms with Crippen LogP contribution in [0.3, 0.4) is 0 Å². The smallest absolute Gasteiger partial charge is 0.187 e. The van der Waals surface area contributed by atoms with Crippen molar-refractivity contribution in [2.24, 2.45) is 5.11 Å². The normalized spacial score (nSPS) is 48.0. The Morgan fingerprint density at radius 3 is 1.96 bits per heavy atom. The molecule has 0 aromatic carbocycles. The highest BCUT2D eigenvalue weighted by Crippen LogP contribution is 2.29. The Morgan fingerprint density at radius 2 is 1.40 bits per heavy atom. The molecule has 0 aliphatic carbocycles. The highest BCUT2D eigenvalue weighted by molar-refractivity contribution is 4.95. The summed E-state index contributed by atoms with van der Waals surface area (Å²) in [5.41, 5.74) is 8.59. The van der Waals surface area contributed by atoms with Crippen molar-refractivity contribution in [1.29, 1.82) is 0 Å². The number of hydrogen-bond acceptors (Lipinski definition) is 11. The molecule has 7 N–H and O–H groups in total. The van der Waals surface area contributed by atoms with E-state index in [0.717, 1.165) is 0 Å². The Hall–Kier alpha value is -1.09. The molecule has 0 aromatic heterocycles. The summed E-state index contributed by atoms with van der Waals surface area (Å²) in [6.45, 7) is -1.36. The third kappa shape index (κ3) is 4.02. The Bertz CT molecular complexity index is 490. The Balaban J connectivity index is 2.18. The van der Waals surface area contributed by atoms with Gasteiger partial charge in [0.1, 0.15) is 48.8 Å². The molecule has 2 heterocycles. The number of aliphatic hydroxyl groups excluding tert-OH is 7. The Kier molecular flexibility index (Phi) is 6.90. The first-order valence-corrected chi connectivity index (χ1v) is 7.48. The molecule has 144 valence electrons. The van der Waals surface area contributed by atoms with Crippen LogP contribution in [0.1, 0.15) is 0 Å². The molecule has 0 amide bonds. The van der Waals surface area contributed by atoms with Crippen molar-refractivity contribution in [3.05, 3.63) is 10.4 Å². The lowest BCUT2D eigenvalue weighted by Crippen LogP contribution is -2.64. The molecule has 0 unspecified atom stereocenters. The summed E-state index contributed by atoms with van der Waals surface area (Å²) in [7, 11) is 0. The van der Waals surface area contributed by atoms with Gasteiger partial charge in [-0.05, 0) is 5.53 Å². The van der Waals surface area contributed by atoms with Crippen LogP contribution in [-0.4, -0.2) is 110 Å². The van der Waals surface area contributed by atoms with Crippen LogP contribution in [0.2, 0.25) is 0 Å². The molecule has 2 rings (SSSR count). The van der Waals surface area contributed by atoms with Crippen molar-refractivity contribution >= 4 is 0 Å². The van der Waals surface area contributed by atoms with Crippen LogP contribution in [-0.2, 0) is 14.2 Å². The molecule has 25 heavy (non-hydrogen) atoms. The molecule has 0 spiro atoms. The molecule has 2 fully saturated rings. The van der Waals surface area contributed by atoms with Crippen molar-refractivity contribution < 1.29 is 50.0 Å². The first-order chi connectivity index (χ1) is 11.8. The van der Waals surface area contributed by atoms with Gasteiger partial charge in [-0.3, -0.25) is 0 Å². The summed E-state index contributed by atoms with van der Waals surface area (Å²) < 4.78 is 15.6. The van der Waals surface area contributed by atoms with E-state index in [1.807, 2.05) is 0 Å². The first kappa shape index (κ1) is 20.2. The van der Waals surface area contributed by atoms with Gasteiger partial charge < -0.3 is 50.0 Å². The van der Waals surface area contributed by atoms with Gasteiger partial charge in [0.15, 0.2) is 12.5 Å². The Labute approximate surface area is 141 Å². The van der Waals surface area contributed by atoms with Gasteiger partial charge in [0.25, 0.3) is 0 Å². The quantitative estimate of drug-likeness (QED) is 0.141. The zero-order valence-electron chi connectivity index (χ0n) is 12.9. The van der Waals surface area contributed by atoms with E-state index in [1.165, 1.54) is 0 Å². The van der Waals surface area contributed by atoms with Crippen LogP contribution >= 0.6 is 0 Å². The molecule has 2 aliphatic rings. The monoisotopic (exact) mass is 367 g/mol. The topological polar surface area (TPSA) is 218 Å². The molecule has 2 saturated heterocycles. The number of azide groups is 1. The molecule has 10 atom stereocenters. The second-order valence-electron chi connectivity index (χ2n) is 5.73. The van der Waals surface area contributed by atoms with Crippen LogP contribution < -0.4 is 0 Å². The summed E-state index contributed by atoms with van der Waals surface area (Å²) in [5, 5.41) is 71.0. The molecule has 0 saturated carbocycles. The third-order valence-electron chi connectivity index (χ3n) is 4.15. The summed E-state index contributed by atoms with van der Waals surface area (Å²) in [6, 6.07) is 0. The molecular weight excluding hydrogens is 346 g/mol. The summed E-state index contributed by atoms with van der Waals surface area (Å²) >= 11 is 0. The average molecular weight is 367 g/mol. The second-order valence-corrected chi connectivity index (χ2v) is 5.73. The van der Waals surface area contributed by atoms with E-state index in [-0.39, 0.29) is 0 Å². The number of ether oxygens (including phenoxy) is 3. The van der Waals surface area contributed by atoms with Gasteiger partial charge in [-0.25, -0.2) is 0 Å². The molecule has 0 aromatic rings. The standard InChI is InChI=1S/C12H21N3O10/c13-15-14-11-10(8(21)6(19)3(1-16)23-11)25-12-9(22)7(20)5(18)4(2-17)24-12/h3-12,16-22H,1-2H2/t3-,4-,5+,6-,7+,8+,9-,10-,11-,12+/m1/s1. The van der Waals surface area contributed by atoms with Gasteiger partial charge in [-0.2, -0.15) is 0 Å². The lowest BCUT2D eigenvalue weighted by molar-refractivity contribution is -0.340. The molecule has 0 bridgehead atoms. The van der Waals surface area contributed by atoms with E-state index in [2.05, 4.69) is 10.0 Å². The van der Waals surface area contributed by atoms with Crippen molar-refractivity contribution in [2.45, 2.75) is 61.3 Å². The van der Waals surface area contributed by atoms with E-state index in [1.54, 1.807) is 0 Å². The second kappa shape index (κ2) is 8.53. The van der Waals surface area contributed by atoms with Crippen molar-refractivity contribution in [3.8, 4) is 0 Å². The number of hydrogen-bond donors (Lipinski definition) is 7. The van der Waals surface area contributed by atoms with Crippen molar-refractivity contribution in [1.82, 2.24) is 0 Å². The maximum Gasteiger partial charge on any atom is 0.187 e. The van der Waals surface area contributed by atoms with Crippen LogP contribution in [0.5, 0.6) is 0 Å². The largest absolute Gasteiger partial charge is 0.394 e. The van der Waals surface area contributed by atoms with E-state index in [4.69, 9.17) is 30.0 Å². The average Bonchev–Trinajstić information content (AvgIpc) is 2.61. The maximum absolute atomic E-state index is 10.1. The highest BCUT2D eigenvalue weighted by Gasteiger charge is 2.50.